The number of H-pyrrole nitrogens is 1. The minimum absolute atomic E-state index is 0.294. The third-order valence-corrected chi connectivity index (χ3v) is 4.04. The van der Waals surface area contributed by atoms with Crippen LogP contribution in [0.25, 0.3) is 10.9 Å². The van der Waals surface area contributed by atoms with Crippen molar-refractivity contribution in [2.45, 2.75) is 32.7 Å². The Morgan fingerprint density at radius 3 is 2.29 bits per heavy atom. The van der Waals surface area contributed by atoms with Crippen molar-refractivity contribution in [3.05, 3.63) is 65.9 Å². The molecular formula is C19H22N2. The summed E-state index contributed by atoms with van der Waals surface area (Å²) >= 11 is 0. The lowest BCUT2D eigenvalue weighted by Crippen LogP contribution is -2.06. The molecule has 0 aliphatic heterocycles. The molecule has 0 aliphatic rings. The highest BCUT2D eigenvalue weighted by atomic mass is 14.9. The lowest BCUT2D eigenvalue weighted by atomic mass is 9.99. The first-order valence-electron chi connectivity index (χ1n) is 7.57. The number of rotatable bonds is 4. The Morgan fingerprint density at radius 1 is 0.857 bits per heavy atom. The smallest absolute Gasteiger partial charge is 0.0485 e. The van der Waals surface area contributed by atoms with Crippen molar-refractivity contribution in [3.63, 3.8) is 0 Å². The molecule has 2 nitrogen and oxygen atoms in total. The molecule has 3 aromatic rings. The molecule has 0 fully saturated rings. The summed E-state index contributed by atoms with van der Waals surface area (Å²) in [5, 5.41) is 4.81. The van der Waals surface area contributed by atoms with Crippen LogP contribution in [0.1, 0.15) is 43.9 Å². The van der Waals surface area contributed by atoms with Gasteiger partial charge in [0.2, 0.25) is 0 Å². The normalized spacial score (nSPS) is 12.8. The van der Waals surface area contributed by atoms with Gasteiger partial charge in [-0.1, -0.05) is 38.1 Å². The molecule has 2 aromatic carbocycles. The summed E-state index contributed by atoms with van der Waals surface area (Å²) in [6, 6.07) is 17.7. The van der Waals surface area contributed by atoms with Gasteiger partial charge in [0, 0.05) is 28.8 Å². The van der Waals surface area contributed by atoms with Crippen molar-refractivity contribution in [1.29, 1.82) is 0 Å². The molecule has 1 heterocycles. The Bertz CT molecular complexity index is 723. The Kier molecular flexibility index (Phi) is 3.70. The minimum atomic E-state index is 0.294. The van der Waals surface area contributed by atoms with Crippen LogP contribution in [-0.2, 0) is 0 Å². The van der Waals surface area contributed by atoms with E-state index in [-0.39, 0.29) is 0 Å². The van der Waals surface area contributed by atoms with E-state index in [1.165, 1.54) is 22.0 Å². The monoisotopic (exact) mass is 278 g/mol. The van der Waals surface area contributed by atoms with Gasteiger partial charge in [0.1, 0.15) is 0 Å². The van der Waals surface area contributed by atoms with Crippen LogP contribution >= 0.6 is 0 Å². The van der Waals surface area contributed by atoms with Gasteiger partial charge in [-0.05, 0) is 48.2 Å². The minimum Gasteiger partial charge on any atom is -0.379 e. The zero-order chi connectivity index (χ0) is 14.8. The molecule has 0 saturated carbocycles. The Hall–Kier alpha value is -2.22. The SMILES string of the molecule is CC(C)c1ccc(C(C)Nc2ccc3[nH]ccc3c2)cc1. The molecule has 21 heavy (non-hydrogen) atoms. The molecule has 0 spiro atoms. The highest BCUT2D eigenvalue weighted by Crippen LogP contribution is 2.24. The quantitative estimate of drug-likeness (QED) is 0.651. The van der Waals surface area contributed by atoms with Gasteiger partial charge in [-0.15, -0.1) is 0 Å². The zero-order valence-electron chi connectivity index (χ0n) is 12.9. The predicted molar refractivity (Wildman–Crippen MR) is 90.9 cm³/mol. The van der Waals surface area contributed by atoms with Crippen molar-refractivity contribution in [2.75, 3.05) is 5.32 Å². The van der Waals surface area contributed by atoms with E-state index >= 15 is 0 Å². The molecule has 1 unspecified atom stereocenters. The van der Waals surface area contributed by atoms with Crippen molar-refractivity contribution in [1.82, 2.24) is 4.98 Å². The number of hydrogen-bond donors (Lipinski definition) is 2. The highest BCUT2D eigenvalue weighted by molar-refractivity contribution is 5.83. The van der Waals surface area contributed by atoms with Crippen LogP contribution in [0.2, 0.25) is 0 Å². The van der Waals surface area contributed by atoms with Crippen LogP contribution in [0, 0.1) is 0 Å². The van der Waals surface area contributed by atoms with Gasteiger partial charge < -0.3 is 10.3 Å². The second kappa shape index (κ2) is 5.65. The van der Waals surface area contributed by atoms with Crippen LogP contribution in [0.5, 0.6) is 0 Å². The summed E-state index contributed by atoms with van der Waals surface area (Å²) < 4.78 is 0. The van der Waals surface area contributed by atoms with Crippen LogP contribution in [-0.4, -0.2) is 4.98 Å². The van der Waals surface area contributed by atoms with Crippen LogP contribution in [0.15, 0.2) is 54.7 Å². The zero-order valence-corrected chi connectivity index (χ0v) is 12.9. The lowest BCUT2D eigenvalue weighted by Gasteiger charge is -2.17. The number of nitrogens with one attached hydrogen (secondary N) is 2. The molecule has 3 rings (SSSR count). The fourth-order valence-corrected chi connectivity index (χ4v) is 2.65. The van der Waals surface area contributed by atoms with E-state index in [0.29, 0.717) is 12.0 Å². The van der Waals surface area contributed by atoms with Crippen molar-refractivity contribution < 1.29 is 0 Å². The summed E-state index contributed by atoms with van der Waals surface area (Å²) in [6.45, 7) is 6.65. The summed E-state index contributed by atoms with van der Waals surface area (Å²) in [7, 11) is 0. The average Bonchev–Trinajstić information content (AvgIpc) is 2.95. The van der Waals surface area contributed by atoms with E-state index in [4.69, 9.17) is 0 Å². The first kappa shape index (κ1) is 13.7. The summed E-state index contributed by atoms with van der Waals surface area (Å²) in [4.78, 5) is 3.22. The first-order valence-corrected chi connectivity index (χ1v) is 7.57. The maximum absolute atomic E-state index is 3.57. The van der Waals surface area contributed by atoms with Crippen LogP contribution in [0.4, 0.5) is 5.69 Å². The number of hydrogen-bond acceptors (Lipinski definition) is 1. The van der Waals surface area contributed by atoms with E-state index in [9.17, 15) is 0 Å². The first-order chi connectivity index (χ1) is 10.1. The second-order valence-corrected chi connectivity index (χ2v) is 5.97. The third kappa shape index (κ3) is 2.94. The summed E-state index contributed by atoms with van der Waals surface area (Å²) in [5.74, 6) is 0.582. The molecule has 0 aliphatic carbocycles. The third-order valence-electron chi connectivity index (χ3n) is 4.04. The molecule has 1 atom stereocenters. The molecule has 0 radical (unpaired) electrons. The molecule has 1 aromatic heterocycles. The standard InChI is InChI=1S/C19H22N2/c1-13(2)15-4-6-16(7-5-15)14(3)21-18-8-9-19-17(12-18)10-11-20-19/h4-14,20-21H,1-3H3. The van der Waals surface area contributed by atoms with E-state index in [2.05, 4.69) is 79.6 Å². The van der Waals surface area contributed by atoms with Gasteiger partial charge in [0.15, 0.2) is 0 Å². The molecule has 2 heteroatoms. The summed E-state index contributed by atoms with van der Waals surface area (Å²) in [5.41, 5.74) is 5.03. The van der Waals surface area contributed by atoms with Gasteiger partial charge in [0.05, 0.1) is 0 Å². The van der Waals surface area contributed by atoms with E-state index in [1.807, 2.05) is 6.20 Å². The molecule has 0 saturated heterocycles. The maximum Gasteiger partial charge on any atom is 0.0485 e. The number of anilines is 1. The number of fused-ring (bicyclic) bond motifs is 1. The second-order valence-electron chi connectivity index (χ2n) is 5.97. The summed E-state index contributed by atoms with van der Waals surface area (Å²) in [6.07, 6.45) is 1.97. The van der Waals surface area contributed by atoms with Gasteiger partial charge in [0.25, 0.3) is 0 Å². The number of benzene rings is 2. The van der Waals surface area contributed by atoms with Crippen molar-refractivity contribution in [3.8, 4) is 0 Å². The molecular weight excluding hydrogens is 256 g/mol. The van der Waals surface area contributed by atoms with Crippen LogP contribution in [0.3, 0.4) is 0 Å². The fraction of sp³-hybridized carbons (Fsp3) is 0.263. The van der Waals surface area contributed by atoms with E-state index < -0.39 is 0 Å². The lowest BCUT2D eigenvalue weighted by molar-refractivity contribution is 0.852. The molecule has 0 amide bonds. The van der Waals surface area contributed by atoms with Gasteiger partial charge >= 0.3 is 0 Å². The molecule has 108 valence electrons. The number of aromatic nitrogens is 1. The number of aromatic amines is 1. The molecule has 2 N–H and O–H groups in total. The van der Waals surface area contributed by atoms with Crippen LogP contribution < -0.4 is 5.32 Å². The Labute approximate surface area is 126 Å². The van der Waals surface area contributed by atoms with Gasteiger partial charge in [-0.2, -0.15) is 0 Å². The molecule has 0 bridgehead atoms. The average molecular weight is 278 g/mol. The van der Waals surface area contributed by atoms with Crippen molar-refractivity contribution in [2.24, 2.45) is 0 Å². The van der Waals surface area contributed by atoms with Gasteiger partial charge in [-0.3, -0.25) is 0 Å². The Morgan fingerprint density at radius 2 is 1.57 bits per heavy atom. The van der Waals surface area contributed by atoms with E-state index in [1.54, 1.807) is 0 Å². The maximum atomic E-state index is 3.57. The predicted octanol–water partition coefficient (Wildman–Crippen LogP) is 5.46. The largest absolute Gasteiger partial charge is 0.379 e. The highest BCUT2D eigenvalue weighted by Gasteiger charge is 2.07. The Balaban J connectivity index is 1.76. The van der Waals surface area contributed by atoms with E-state index in [0.717, 1.165) is 5.69 Å². The van der Waals surface area contributed by atoms with Gasteiger partial charge in [-0.25, -0.2) is 0 Å². The topological polar surface area (TPSA) is 27.8 Å². The fourth-order valence-electron chi connectivity index (χ4n) is 2.65. The van der Waals surface area contributed by atoms with Crippen molar-refractivity contribution >= 4 is 16.6 Å².